The summed E-state index contributed by atoms with van der Waals surface area (Å²) < 4.78 is 20.2. The molecule has 1 amide bonds. The molecule has 0 spiro atoms. The largest absolute Gasteiger partial charge is 0.497 e. The summed E-state index contributed by atoms with van der Waals surface area (Å²) in [5, 5.41) is 2.61. The lowest BCUT2D eigenvalue weighted by Gasteiger charge is -2.10. The lowest BCUT2D eigenvalue weighted by atomic mass is 10.2. The molecule has 0 aliphatic heterocycles. The second-order valence-corrected chi connectivity index (χ2v) is 4.62. The molecule has 0 fully saturated rings. The number of hydrogen-bond donors (Lipinski definition) is 1. The van der Waals surface area contributed by atoms with Gasteiger partial charge in [0.25, 0.3) is 5.91 Å². The predicted octanol–water partition coefficient (Wildman–Crippen LogP) is 2.40. The normalized spacial score (nSPS) is 10.0. The minimum Gasteiger partial charge on any atom is -0.497 e. The summed E-state index contributed by atoms with van der Waals surface area (Å²) in [4.78, 5) is 23.7. The van der Waals surface area contributed by atoms with Crippen LogP contribution in [-0.2, 0) is 9.53 Å². The lowest BCUT2D eigenvalue weighted by molar-refractivity contribution is -0.119. The van der Waals surface area contributed by atoms with Crippen molar-refractivity contribution in [2.24, 2.45) is 0 Å². The van der Waals surface area contributed by atoms with Crippen molar-refractivity contribution in [2.75, 3.05) is 26.1 Å². The standard InChI is InChI=1S/C16H17NO6/c1-10-14(4-5-22-10)16(19)23-9-15(18)17-11-6-12(20-2)8-13(7-11)21-3/h4-8H,9H2,1-3H3,(H,17,18). The van der Waals surface area contributed by atoms with Crippen LogP contribution in [0.1, 0.15) is 16.1 Å². The van der Waals surface area contributed by atoms with Crippen LogP contribution >= 0.6 is 0 Å². The molecule has 0 saturated heterocycles. The van der Waals surface area contributed by atoms with Gasteiger partial charge in [0, 0.05) is 23.9 Å². The molecule has 23 heavy (non-hydrogen) atoms. The average Bonchev–Trinajstić information content (AvgIpc) is 2.98. The summed E-state index contributed by atoms with van der Waals surface area (Å²) in [6.45, 7) is 1.22. The van der Waals surface area contributed by atoms with E-state index in [1.165, 1.54) is 26.5 Å². The van der Waals surface area contributed by atoms with Crippen molar-refractivity contribution in [3.63, 3.8) is 0 Å². The zero-order chi connectivity index (χ0) is 16.8. The number of methoxy groups -OCH3 is 2. The van der Waals surface area contributed by atoms with Gasteiger partial charge in [0.2, 0.25) is 0 Å². The number of hydrogen-bond acceptors (Lipinski definition) is 6. The number of anilines is 1. The van der Waals surface area contributed by atoms with Crippen LogP contribution in [0.2, 0.25) is 0 Å². The summed E-state index contributed by atoms with van der Waals surface area (Å²) in [5.41, 5.74) is 0.766. The van der Waals surface area contributed by atoms with Gasteiger partial charge < -0.3 is 23.9 Å². The molecule has 7 heteroatoms. The van der Waals surface area contributed by atoms with E-state index in [9.17, 15) is 9.59 Å². The van der Waals surface area contributed by atoms with E-state index < -0.39 is 18.5 Å². The van der Waals surface area contributed by atoms with E-state index in [1.807, 2.05) is 0 Å². The van der Waals surface area contributed by atoms with Gasteiger partial charge in [-0.15, -0.1) is 0 Å². The molecule has 122 valence electrons. The van der Waals surface area contributed by atoms with Crippen LogP contribution in [0.25, 0.3) is 0 Å². The maximum atomic E-state index is 11.9. The lowest BCUT2D eigenvalue weighted by Crippen LogP contribution is -2.21. The van der Waals surface area contributed by atoms with E-state index in [4.69, 9.17) is 18.6 Å². The Hall–Kier alpha value is -2.96. The first-order valence-corrected chi connectivity index (χ1v) is 6.77. The Balaban J connectivity index is 1.95. The quantitative estimate of drug-likeness (QED) is 0.823. The van der Waals surface area contributed by atoms with Crippen LogP contribution < -0.4 is 14.8 Å². The topological polar surface area (TPSA) is 87.0 Å². The fraction of sp³-hybridized carbons (Fsp3) is 0.250. The van der Waals surface area contributed by atoms with Gasteiger partial charge in [0.1, 0.15) is 22.8 Å². The van der Waals surface area contributed by atoms with Gasteiger partial charge in [-0.2, -0.15) is 0 Å². The fourth-order valence-electron chi connectivity index (χ4n) is 1.88. The predicted molar refractivity (Wildman–Crippen MR) is 81.9 cm³/mol. The first kappa shape index (κ1) is 16.4. The van der Waals surface area contributed by atoms with Crippen LogP contribution in [-0.4, -0.2) is 32.7 Å². The monoisotopic (exact) mass is 319 g/mol. The Labute approximate surface area is 133 Å². The molecular formula is C16H17NO6. The molecule has 0 unspecified atom stereocenters. The van der Waals surface area contributed by atoms with E-state index in [0.29, 0.717) is 28.5 Å². The maximum absolute atomic E-state index is 11.9. The van der Waals surface area contributed by atoms with Gasteiger partial charge in [-0.25, -0.2) is 4.79 Å². The highest BCUT2D eigenvalue weighted by Gasteiger charge is 2.15. The van der Waals surface area contributed by atoms with Crippen molar-refractivity contribution in [1.29, 1.82) is 0 Å². The SMILES string of the molecule is COc1cc(NC(=O)COC(=O)c2ccoc2C)cc(OC)c1. The van der Waals surface area contributed by atoms with Gasteiger partial charge in [0.05, 0.1) is 20.5 Å². The number of aryl methyl sites for hydroxylation is 1. The molecule has 0 saturated carbocycles. The van der Waals surface area contributed by atoms with Gasteiger partial charge >= 0.3 is 5.97 Å². The second kappa shape index (κ2) is 7.35. The number of carbonyl (C=O) groups excluding carboxylic acids is 2. The molecule has 1 heterocycles. The number of nitrogens with one attached hydrogen (secondary N) is 1. The first-order valence-electron chi connectivity index (χ1n) is 6.77. The summed E-state index contributed by atoms with van der Waals surface area (Å²) >= 11 is 0. The molecule has 0 aliphatic carbocycles. The third-order valence-corrected chi connectivity index (χ3v) is 3.05. The van der Waals surface area contributed by atoms with Gasteiger partial charge in [-0.3, -0.25) is 4.79 Å². The molecular weight excluding hydrogens is 302 g/mol. The van der Waals surface area contributed by atoms with E-state index in [0.717, 1.165) is 0 Å². The van der Waals surface area contributed by atoms with Gasteiger partial charge in [0.15, 0.2) is 6.61 Å². The van der Waals surface area contributed by atoms with Crippen LogP contribution in [0.3, 0.4) is 0 Å². The van der Waals surface area contributed by atoms with Crippen molar-refractivity contribution < 1.29 is 28.2 Å². The van der Waals surface area contributed by atoms with Crippen molar-refractivity contribution in [3.8, 4) is 11.5 Å². The third-order valence-electron chi connectivity index (χ3n) is 3.05. The highest BCUT2D eigenvalue weighted by Crippen LogP contribution is 2.25. The Bertz CT molecular complexity index is 684. The first-order chi connectivity index (χ1) is 11.0. The van der Waals surface area contributed by atoms with Crippen LogP contribution in [0, 0.1) is 6.92 Å². The van der Waals surface area contributed by atoms with Crippen molar-refractivity contribution in [1.82, 2.24) is 0 Å². The second-order valence-electron chi connectivity index (χ2n) is 4.62. The van der Waals surface area contributed by atoms with Gasteiger partial charge in [-0.1, -0.05) is 0 Å². The molecule has 0 bridgehead atoms. The van der Waals surface area contributed by atoms with E-state index in [1.54, 1.807) is 25.1 Å². The van der Waals surface area contributed by atoms with E-state index in [2.05, 4.69) is 5.32 Å². The zero-order valence-electron chi connectivity index (χ0n) is 13.0. The molecule has 2 rings (SSSR count). The van der Waals surface area contributed by atoms with Crippen molar-refractivity contribution >= 4 is 17.6 Å². The fourth-order valence-corrected chi connectivity index (χ4v) is 1.88. The van der Waals surface area contributed by atoms with E-state index >= 15 is 0 Å². The number of esters is 1. The highest BCUT2D eigenvalue weighted by molar-refractivity contribution is 5.96. The number of amides is 1. The van der Waals surface area contributed by atoms with Crippen molar-refractivity contribution in [2.45, 2.75) is 6.92 Å². The molecule has 1 N–H and O–H groups in total. The number of benzene rings is 1. The summed E-state index contributed by atoms with van der Waals surface area (Å²) in [5.74, 6) is 0.411. The van der Waals surface area contributed by atoms with Crippen molar-refractivity contribution in [3.05, 3.63) is 41.9 Å². The van der Waals surface area contributed by atoms with Gasteiger partial charge in [-0.05, 0) is 13.0 Å². The smallest absolute Gasteiger partial charge is 0.342 e. The highest BCUT2D eigenvalue weighted by atomic mass is 16.5. The molecule has 7 nitrogen and oxygen atoms in total. The number of rotatable bonds is 6. The van der Waals surface area contributed by atoms with Crippen LogP contribution in [0.5, 0.6) is 11.5 Å². The number of carbonyl (C=O) groups is 2. The Morgan fingerprint density at radius 2 is 1.78 bits per heavy atom. The molecule has 0 atom stereocenters. The average molecular weight is 319 g/mol. The summed E-state index contributed by atoms with van der Waals surface area (Å²) in [7, 11) is 3.02. The molecule has 1 aromatic heterocycles. The molecule has 2 aromatic rings. The summed E-state index contributed by atoms with van der Waals surface area (Å²) in [6.07, 6.45) is 1.38. The summed E-state index contributed by atoms with van der Waals surface area (Å²) in [6, 6.07) is 6.42. The number of ether oxygens (including phenoxy) is 3. The molecule has 0 aliphatic rings. The minimum atomic E-state index is -0.616. The van der Waals surface area contributed by atoms with Crippen LogP contribution in [0.4, 0.5) is 5.69 Å². The molecule has 0 radical (unpaired) electrons. The number of furan rings is 1. The Kier molecular flexibility index (Phi) is 5.24. The Morgan fingerprint density at radius 3 is 2.30 bits per heavy atom. The third kappa shape index (κ3) is 4.26. The molecule has 1 aromatic carbocycles. The maximum Gasteiger partial charge on any atom is 0.342 e. The zero-order valence-corrected chi connectivity index (χ0v) is 13.0. The van der Waals surface area contributed by atoms with E-state index in [-0.39, 0.29) is 0 Å². The van der Waals surface area contributed by atoms with Crippen LogP contribution in [0.15, 0.2) is 34.9 Å². The Morgan fingerprint density at radius 1 is 1.13 bits per heavy atom. The minimum absolute atomic E-state index is 0.292.